The van der Waals surface area contributed by atoms with Gasteiger partial charge in [-0.05, 0) is 54.8 Å². The molecule has 31 heavy (non-hydrogen) atoms. The average Bonchev–Trinajstić information content (AvgIpc) is 2.72. The zero-order valence-electron chi connectivity index (χ0n) is 17.1. The van der Waals surface area contributed by atoms with Crippen LogP contribution in [0.3, 0.4) is 0 Å². The van der Waals surface area contributed by atoms with Gasteiger partial charge in [-0.1, -0.05) is 29.3 Å². The van der Waals surface area contributed by atoms with Crippen LogP contribution in [0.15, 0.2) is 36.4 Å². The summed E-state index contributed by atoms with van der Waals surface area (Å²) >= 11 is 12.1. The number of nitrogens with two attached hydrogens (primary N) is 1. The highest BCUT2D eigenvalue weighted by atomic mass is 35.5. The van der Waals surface area contributed by atoms with E-state index in [1.807, 2.05) is 11.0 Å². The van der Waals surface area contributed by atoms with Crippen LogP contribution in [-0.4, -0.2) is 37.0 Å². The predicted molar refractivity (Wildman–Crippen MR) is 118 cm³/mol. The fraction of sp³-hybridized carbons (Fsp3) is 0.409. The second kappa shape index (κ2) is 9.67. The smallest absolute Gasteiger partial charge is 0.368 e. The van der Waals surface area contributed by atoms with Crippen molar-refractivity contribution in [3.8, 4) is 0 Å². The lowest BCUT2D eigenvalue weighted by Gasteiger charge is -2.37. The number of rotatable bonds is 5. The van der Waals surface area contributed by atoms with E-state index in [9.17, 15) is 18.0 Å². The minimum Gasteiger partial charge on any atom is -0.368 e. The van der Waals surface area contributed by atoms with Crippen LogP contribution in [0, 0.1) is 0 Å². The molecule has 0 spiro atoms. The van der Waals surface area contributed by atoms with Crippen molar-refractivity contribution < 1.29 is 18.0 Å². The largest absolute Gasteiger partial charge is 0.416 e. The van der Waals surface area contributed by atoms with Gasteiger partial charge in [0.25, 0.3) is 0 Å². The lowest BCUT2D eigenvalue weighted by Crippen LogP contribution is -2.49. The minimum absolute atomic E-state index is 0.0190. The van der Waals surface area contributed by atoms with E-state index in [1.54, 1.807) is 24.0 Å². The molecular weight excluding hydrogens is 450 g/mol. The van der Waals surface area contributed by atoms with Gasteiger partial charge < -0.3 is 15.5 Å². The van der Waals surface area contributed by atoms with Crippen molar-refractivity contribution in [3.05, 3.63) is 63.1 Å². The molecule has 2 N–H and O–H groups in total. The van der Waals surface area contributed by atoms with Crippen molar-refractivity contribution in [1.82, 2.24) is 4.90 Å². The summed E-state index contributed by atoms with van der Waals surface area (Å²) in [6, 6.07) is 8.34. The molecule has 2 aromatic carbocycles. The van der Waals surface area contributed by atoms with Crippen molar-refractivity contribution in [3.63, 3.8) is 0 Å². The molecule has 2 aromatic rings. The molecule has 0 bridgehead atoms. The second-order valence-electron chi connectivity index (χ2n) is 7.66. The van der Waals surface area contributed by atoms with Crippen LogP contribution in [0.1, 0.15) is 36.1 Å². The third-order valence-electron chi connectivity index (χ3n) is 5.44. The average molecular weight is 474 g/mol. The maximum atomic E-state index is 13.1. The monoisotopic (exact) mass is 473 g/mol. The SMILES string of the molecule is CC(N)c1cc(C(F)(F)F)ccc1N1CCN(C(=O)CCc2ccc(Cl)cc2Cl)CC1. The van der Waals surface area contributed by atoms with E-state index in [1.165, 1.54) is 6.07 Å². The highest BCUT2D eigenvalue weighted by Gasteiger charge is 2.32. The molecule has 1 saturated heterocycles. The zero-order valence-corrected chi connectivity index (χ0v) is 18.6. The molecule has 0 radical (unpaired) electrons. The number of hydrogen-bond acceptors (Lipinski definition) is 3. The molecule has 168 valence electrons. The van der Waals surface area contributed by atoms with Crippen LogP contribution < -0.4 is 10.6 Å². The number of aryl methyl sites for hydroxylation is 1. The Balaban J connectivity index is 1.62. The summed E-state index contributed by atoms with van der Waals surface area (Å²) in [7, 11) is 0. The van der Waals surface area contributed by atoms with Gasteiger partial charge in [-0.2, -0.15) is 13.2 Å². The number of nitrogens with zero attached hydrogens (tertiary/aromatic N) is 2. The predicted octanol–water partition coefficient (Wildman–Crippen LogP) is 5.31. The van der Waals surface area contributed by atoms with Gasteiger partial charge in [-0.25, -0.2) is 0 Å². The van der Waals surface area contributed by atoms with Gasteiger partial charge in [0.15, 0.2) is 0 Å². The number of anilines is 1. The third kappa shape index (κ3) is 5.84. The van der Waals surface area contributed by atoms with Crippen LogP contribution in [0.25, 0.3) is 0 Å². The van der Waals surface area contributed by atoms with E-state index in [0.717, 1.165) is 17.7 Å². The summed E-state index contributed by atoms with van der Waals surface area (Å²) in [6.45, 7) is 3.71. The molecule has 9 heteroatoms. The number of carbonyl (C=O) groups is 1. The maximum absolute atomic E-state index is 13.1. The Morgan fingerprint density at radius 2 is 1.77 bits per heavy atom. The van der Waals surface area contributed by atoms with Gasteiger partial charge in [-0.3, -0.25) is 4.79 Å². The molecule has 0 aliphatic carbocycles. The molecule has 1 fully saturated rings. The lowest BCUT2D eigenvalue weighted by molar-refractivity contribution is -0.137. The summed E-state index contributed by atoms with van der Waals surface area (Å²) in [6.07, 6.45) is -3.57. The molecule has 1 heterocycles. The Kier molecular flexibility index (Phi) is 7.39. The highest BCUT2D eigenvalue weighted by Crippen LogP contribution is 2.35. The molecular formula is C22H24Cl2F3N3O. The van der Waals surface area contributed by atoms with Crippen molar-refractivity contribution >= 4 is 34.8 Å². The quantitative estimate of drug-likeness (QED) is 0.639. The van der Waals surface area contributed by atoms with E-state index in [-0.39, 0.29) is 5.91 Å². The fourth-order valence-electron chi connectivity index (χ4n) is 3.70. The molecule has 4 nitrogen and oxygen atoms in total. The van der Waals surface area contributed by atoms with E-state index < -0.39 is 17.8 Å². The second-order valence-corrected chi connectivity index (χ2v) is 8.51. The van der Waals surface area contributed by atoms with Crippen molar-refractivity contribution in [2.24, 2.45) is 5.73 Å². The molecule has 1 amide bonds. The lowest BCUT2D eigenvalue weighted by atomic mass is 10.0. The molecule has 1 unspecified atom stereocenters. The first-order valence-electron chi connectivity index (χ1n) is 9.99. The molecule has 0 aromatic heterocycles. The van der Waals surface area contributed by atoms with E-state index in [0.29, 0.717) is 60.3 Å². The summed E-state index contributed by atoms with van der Waals surface area (Å²) < 4.78 is 39.2. The minimum atomic E-state index is -4.42. The summed E-state index contributed by atoms with van der Waals surface area (Å²) in [5.41, 5.74) is 7.24. The fourth-order valence-corrected chi connectivity index (χ4v) is 4.21. The topological polar surface area (TPSA) is 49.6 Å². The Labute approximate surface area is 189 Å². The Hall–Kier alpha value is -1.96. The molecule has 1 aliphatic rings. The number of halogens is 5. The molecule has 0 saturated carbocycles. The Bertz CT molecular complexity index is 942. The number of amides is 1. The van der Waals surface area contributed by atoms with Crippen LogP contribution in [0.4, 0.5) is 18.9 Å². The third-order valence-corrected chi connectivity index (χ3v) is 6.03. The van der Waals surface area contributed by atoms with Gasteiger partial charge in [0.1, 0.15) is 0 Å². The maximum Gasteiger partial charge on any atom is 0.416 e. The highest BCUT2D eigenvalue weighted by molar-refractivity contribution is 6.35. The van der Waals surface area contributed by atoms with Crippen molar-refractivity contribution in [2.45, 2.75) is 32.0 Å². The standard InChI is InChI=1S/C22H24Cl2F3N3O/c1-14(28)18-12-16(22(25,26)27)4-6-20(18)29-8-10-30(11-9-29)21(31)7-3-15-2-5-17(23)13-19(15)24/h2,4-6,12-14H,3,7-11,28H2,1H3. The zero-order chi connectivity index (χ0) is 22.8. The van der Waals surface area contributed by atoms with Crippen LogP contribution in [-0.2, 0) is 17.4 Å². The molecule has 1 atom stereocenters. The Morgan fingerprint density at radius 1 is 1.10 bits per heavy atom. The van der Waals surface area contributed by atoms with E-state index in [2.05, 4.69) is 0 Å². The first-order chi connectivity index (χ1) is 14.6. The van der Waals surface area contributed by atoms with Gasteiger partial charge >= 0.3 is 6.18 Å². The normalized spacial score (nSPS) is 15.8. The molecule has 3 rings (SSSR count). The molecule has 1 aliphatic heterocycles. The summed E-state index contributed by atoms with van der Waals surface area (Å²) in [4.78, 5) is 16.4. The first kappa shape index (κ1) is 23.7. The van der Waals surface area contributed by atoms with Crippen molar-refractivity contribution in [1.29, 1.82) is 0 Å². The number of piperazine rings is 1. The Morgan fingerprint density at radius 3 is 2.35 bits per heavy atom. The van der Waals surface area contributed by atoms with Gasteiger partial charge in [0, 0.05) is 54.4 Å². The summed E-state index contributed by atoms with van der Waals surface area (Å²) in [5.74, 6) is 0.0190. The van der Waals surface area contributed by atoms with Crippen LogP contribution >= 0.6 is 23.2 Å². The number of hydrogen-bond donors (Lipinski definition) is 1. The number of carbonyl (C=O) groups excluding carboxylic acids is 1. The van der Waals surface area contributed by atoms with Crippen molar-refractivity contribution in [2.75, 3.05) is 31.1 Å². The summed E-state index contributed by atoms with van der Waals surface area (Å²) in [5, 5.41) is 1.08. The first-order valence-corrected chi connectivity index (χ1v) is 10.7. The van der Waals surface area contributed by atoms with Crippen LogP contribution in [0.5, 0.6) is 0 Å². The van der Waals surface area contributed by atoms with E-state index >= 15 is 0 Å². The van der Waals surface area contributed by atoms with Gasteiger partial charge in [-0.15, -0.1) is 0 Å². The number of benzene rings is 2. The van der Waals surface area contributed by atoms with E-state index in [4.69, 9.17) is 28.9 Å². The van der Waals surface area contributed by atoms with Crippen LogP contribution in [0.2, 0.25) is 10.0 Å². The van der Waals surface area contributed by atoms with Gasteiger partial charge in [0.05, 0.1) is 5.56 Å². The van der Waals surface area contributed by atoms with Gasteiger partial charge in [0.2, 0.25) is 5.91 Å². The number of alkyl halides is 3.